The third kappa shape index (κ3) is 6.71. The maximum Gasteiger partial charge on any atom is 0.270 e. The zero-order valence-electron chi connectivity index (χ0n) is 22.9. The Morgan fingerprint density at radius 2 is 1.89 bits per heavy atom. The smallest absolute Gasteiger partial charge is 0.270 e. The molecule has 1 aliphatic carbocycles. The molecule has 0 amide bonds. The molecule has 10 nitrogen and oxygen atoms in total. The molecule has 0 atom stereocenters. The second-order valence-electron chi connectivity index (χ2n) is 10.3. The Labute approximate surface area is 223 Å². The average Bonchev–Trinajstić information content (AvgIpc) is 2.91. The van der Waals surface area contributed by atoms with Crippen molar-refractivity contribution in [2.75, 3.05) is 11.9 Å². The van der Waals surface area contributed by atoms with Gasteiger partial charge < -0.3 is 14.3 Å². The predicted octanol–water partition coefficient (Wildman–Crippen LogP) is 4.38. The minimum Gasteiger partial charge on any atom is -0.390 e. The fourth-order valence-electron chi connectivity index (χ4n) is 4.32. The number of fused-ring (bicyclic) bond motifs is 1. The summed E-state index contributed by atoms with van der Waals surface area (Å²) in [5.41, 5.74) is 3.28. The van der Waals surface area contributed by atoms with Crippen molar-refractivity contribution < 1.29 is 4.84 Å². The molecule has 198 valence electrons. The lowest BCUT2D eigenvalue weighted by Gasteiger charge is -2.33. The number of aryl methyl sites for hydroxylation is 2. The molecule has 4 rings (SSSR count). The van der Waals surface area contributed by atoms with Crippen molar-refractivity contribution in [2.24, 2.45) is 12.2 Å². The molecule has 1 aliphatic rings. The molecule has 0 aromatic carbocycles. The van der Waals surface area contributed by atoms with Crippen molar-refractivity contribution in [3.63, 3.8) is 0 Å². The van der Waals surface area contributed by atoms with E-state index in [1.807, 2.05) is 45.7 Å². The summed E-state index contributed by atoms with van der Waals surface area (Å²) in [6, 6.07) is 7.70. The molecule has 10 heteroatoms. The first-order valence-corrected chi connectivity index (χ1v) is 12.6. The average molecular weight is 515 g/mol. The fourth-order valence-corrected chi connectivity index (χ4v) is 4.32. The minimum atomic E-state index is -0.325. The van der Waals surface area contributed by atoms with E-state index in [-0.39, 0.29) is 28.5 Å². The lowest BCUT2D eigenvalue weighted by molar-refractivity contribution is 0.00198. The largest absolute Gasteiger partial charge is 0.390 e. The number of aromatic nitrogens is 4. The normalized spacial score (nSPS) is 13.9. The number of nitrogens with zero attached hydrogens (tertiary/aromatic N) is 8. The van der Waals surface area contributed by atoms with Gasteiger partial charge in [0.2, 0.25) is 0 Å². The van der Waals surface area contributed by atoms with Crippen LogP contribution in [0.2, 0.25) is 0 Å². The number of hydrogen-bond acceptors (Lipinski definition) is 9. The van der Waals surface area contributed by atoms with Crippen LogP contribution >= 0.6 is 0 Å². The fraction of sp³-hybridized carbons (Fsp3) is 0.464. The van der Waals surface area contributed by atoms with Gasteiger partial charge in [-0.2, -0.15) is 10.5 Å². The van der Waals surface area contributed by atoms with Crippen LogP contribution in [-0.2, 0) is 11.9 Å². The lowest BCUT2D eigenvalue weighted by atomic mass is 9.93. The molecular formula is C28H34N8O2. The Morgan fingerprint density at radius 1 is 1.18 bits per heavy atom. The van der Waals surface area contributed by atoms with Crippen LogP contribution < -0.4 is 10.5 Å². The summed E-state index contributed by atoms with van der Waals surface area (Å²) >= 11 is 0. The zero-order chi connectivity index (χ0) is 27.9. The minimum absolute atomic E-state index is 0.0978. The van der Waals surface area contributed by atoms with E-state index in [0.29, 0.717) is 16.7 Å². The number of anilines is 1. The Balaban J connectivity index is 0.000000244. The van der Waals surface area contributed by atoms with Crippen LogP contribution in [-0.4, -0.2) is 44.4 Å². The number of oxime groups is 1. The van der Waals surface area contributed by atoms with Gasteiger partial charge >= 0.3 is 0 Å². The van der Waals surface area contributed by atoms with Crippen molar-refractivity contribution in [3.05, 3.63) is 57.5 Å². The molecule has 0 radical (unpaired) electrons. The van der Waals surface area contributed by atoms with Gasteiger partial charge in [0.05, 0.1) is 17.4 Å². The quantitative estimate of drug-likeness (QED) is 0.370. The first kappa shape index (κ1) is 28.3. The lowest BCUT2D eigenvalue weighted by Crippen LogP contribution is -2.36. The van der Waals surface area contributed by atoms with E-state index in [1.165, 1.54) is 17.3 Å². The van der Waals surface area contributed by atoms with Gasteiger partial charge in [-0.15, -0.1) is 0 Å². The van der Waals surface area contributed by atoms with Gasteiger partial charge in [0.25, 0.3) is 5.56 Å². The van der Waals surface area contributed by atoms with Gasteiger partial charge in [-0.1, -0.05) is 24.4 Å². The maximum atomic E-state index is 12.6. The molecule has 1 saturated carbocycles. The SMILES string of the molecule is CN(c1c(C#N)c(=O)n(C)c2ccc(C#N)nc12)C1CCCCC1.Cc1ncncc1/C=N/OC(C)(C)C. The zero-order valence-corrected chi connectivity index (χ0v) is 22.9. The highest BCUT2D eigenvalue weighted by atomic mass is 16.6. The Morgan fingerprint density at radius 3 is 2.50 bits per heavy atom. The highest BCUT2D eigenvalue weighted by molar-refractivity contribution is 5.92. The molecular weight excluding hydrogens is 480 g/mol. The molecule has 3 aromatic heterocycles. The summed E-state index contributed by atoms with van der Waals surface area (Å²) in [5, 5.41) is 22.6. The van der Waals surface area contributed by atoms with E-state index in [9.17, 15) is 10.1 Å². The number of rotatable bonds is 4. The van der Waals surface area contributed by atoms with Crippen LogP contribution in [0.15, 0.2) is 34.6 Å². The van der Waals surface area contributed by atoms with Gasteiger partial charge in [0.15, 0.2) is 0 Å². The summed E-state index contributed by atoms with van der Waals surface area (Å²) in [6.45, 7) is 7.73. The van der Waals surface area contributed by atoms with Gasteiger partial charge in [0.1, 0.15) is 40.8 Å². The van der Waals surface area contributed by atoms with E-state index in [1.54, 1.807) is 31.6 Å². The molecule has 38 heavy (non-hydrogen) atoms. The molecule has 0 N–H and O–H groups in total. The van der Waals surface area contributed by atoms with Gasteiger partial charge in [0, 0.05) is 37.6 Å². The van der Waals surface area contributed by atoms with Gasteiger partial charge in [-0.25, -0.2) is 15.0 Å². The first-order valence-electron chi connectivity index (χ1n) is 12.6. The maximum absolute atomic E-state index is 12.6. The molecule has 1 fully saturated rings. The summed E-state index contributed by atoms with van der Waals surface area (Å²) in [6.07, 6.45) is 10.4. The van der Waals surface area contributed by atoms with Crippen molar-refractivity contribution in [2.45, 2.75) is 71.4 Å². The molecule has 0 saturated heterocycles. The standard InChI is InChI=1S/C18H19N5O.C10H15N3O/c1-22(13-6-4-3-5-7-13)17-14(11-20)18(24)23(2)15-9-8-12(10-19)21-16(15)17;1-8-9(5-11-7-12-8)6-13-14-10(2,3)4/h8-9,13H,3-7H2,1-2H3;5-7H,1-4H3/b;13-6+. The highest BCUT2D eigenvalue weighted by Crippen LogP contribution is 2.32. The van der Waals surface area contributed by atoms with Crippen LogP contribution in [0.3, 0.4) is 0 Å². The second kappa shape index (κ2) is 12.3. The highest BCUT2D eigenvalue weighted by Gasteiger charge is 2.25. The van der Waals surface area contributed by atoms with Crippen LogP contribution in [0.5, 0.6) is 0 Å². The number of hydrogen-bond donors (Lipinski definition) is 0. The Bertz CT molecular complexity index is 1450. The van der Waals surface area contributed by atoms with Crippen LogP contribution in [0.1, 0.15) is 75.4 Å². The monoisotopic (exact) mass is 514 g/mol. The second-order valence-corrected chi connectivity index (χ2v) is 10.3. The third-order valence-electron chi connectivity index (χ3n) is 6.38. The van der Waals surface area contributed by atoms with E-state index in [0.717, 1.165) is 36.9 Å². The molecule has 3 heterocycles. The van der Waals surface area contributed by atoms with Crippen LogP contribution in [0.25, 0.3) is 11.0 Å². The molecule has 0 unspecified atom stereocenters. The summed E-state index contributed by atoms with van der Waals surface area (Å²) in [5.74, 6) is 0. The topological polar surface area (TPSA) is 133 Å². The van der Waals surface area contributed by atoms with Crippen molar-refractivity contribution >= 4 is 22.9 Å². The van der Waals surface area contributed by atoms with E-state index in [4.69, 9.17) is 10.1 Å². The van der Waals surface area contributed by atoms with Crippen LogP contribution in [0, 0.1) is 29.6 Å². The molecule has 0 spiro atoms. The summed E-state index contributed by atoms with van der Waals surface area (Å²) in [4.78, 5) is 32.2. The third-order valence-corrected chi connectivity index (χ3v) is 6.38. The van der Waals surface area contributed by atoms with Gasteiger partial charge in [-0.05, 0) is 52.7 Å². The number of nitriles is 2. The number of pyridine rings is 2. The summed E-state index contributed by atoms with van der Waals surface area (Å²) in [7, 11) is 3.55. The van der Waals surface area contributed by atoms with Crippen molar-refractivity contribution in [1.82, 2.24) is 19.5 Å². The van der Waals surface area contributed by atoms with Crippen molar-refractivity contribution in [1.29, 1.82) is 10.5 Å². The Kier molecular flexibility index (Phi) is 9.14. The van der Waals surface area contributed by atoms with E-state index < -0.39 is 0 Å². The van der Waals surface area contributed by atoms with Gasteiger partial charge in [-0.3, -0.25) is 4.79 Å². The molecule has 3 aromatic rings. The van der Waals surface area contributed by atoms with E-state index >= 15 is 0 Å². The predicted molar refractivity (Wildman–Crippen MR) is 147 cm³/mol. The first-order chi connectivity index (χ1) is 18.1. The van der Waals surface area contributed by atoms with E-state index in [2.05, 4.69) is 26.2 Å². The molecule has 0 bridgehead atoms. The molecule has 0 aliphatic heterocycles. The summed E-state index contributed by atoms with van der Waals surface area (Å²) < 4.78 is 1.43. The van der Waals surface area contributed by atoms with Crippen molar-refractivity contribution in [3.8, 4) is 12.1 Å². The Hall–Kier alpha value is -4.31. The van der Waals surface area contributed by atoms with Crippen LogP contribution in [0.4, 0.5) is 5.69 Å².